The zero-order valence-corrected chi connectivity index (χ0v) is 19.0. The maximum Gasteiger partial charge on any atom is 0.573 e. The van der Waals surface area contributed by atoms with Gasteiger partial charge in [0.05, 0.1) is 5.71 Å². The van der Waals surface area contributed by atoms with E-state index in [2.05, 4.69) is 26.6 Å². The highest BCUT2D eigenvalue weighted by molar-refractivity contribution is 6.15. The Labute approximate surface area is 188 Å². The molecule has 6 nitrogen and oxygen atoms in total. The molecule has 0 bridgehead atoms. The topological polar surface area (TPSA) is 55.6 Å². The number of hydrogen-bond acceptors (Lipinski definition) is 5. The molecule has 0 heterocycles. The Morgan fingerprint density at radius 1 is 1.06 bits per heavy atom. The van der Waals surface area contributed by atoms with Gasteiger partial charge in [0.15, 0.2) is 0 Å². The average molecular weight is 478 g/mol. The summed E-state index contributed by atoms with van der Waals surface area (Å²) in [5.74, 6) is -0.356. The summed E-state index contributed by atoms with van der Waals surface area (Å²) in [6, 6.07) is 10.5. The van der Waals surface area contributed by atoms with Crippen LogP contribution in [0.1, 0.15) is 29.2 Å². The van der Waals surface area contributed by atoms with Crippen LogP contribution in [-0.4, -0.2) is 43.6 Å². The molecule has 0 saturated carbocycles. The van der Waals surface area contributed by atoms with Crippen molar-refractivity contribution >= 4 is 23.1 Å². The molecule has 0 aromatic heterocycles. The van der Waals surface area contributed by atoms with Crippen LogP contribution in [0.2, 0.25) is 0 Å². The summed E-state index contributed by atoms with van der Waals surface area (Å²) in [6.45, 7) is 3.50. The Bertz CT molecular complexity index is 917. The van der Waals surface area contributed by atoms with Gasteiger partial charge < -0.3 is 14.4 Å². The fourth-order valence-electron chi connectivity index (χ4n) is 2.61. The molecule has 11 heteroatoms. The van der Waals surface area contributed by atoms with Gasteiger partial charge in [0.2, 0.25) is 5.84 Å². The van der Waals surface area contributed by atoms with Gasteiger partial charge in [-0.25, -0.2) is 0 Å². The van der Waals surface area contributed by atoms with Crippen molar-refractivity contribution in [2.24, 2.45) is 10.3 Å². The molecule has 0 amide bonds. The second kappa shape index (κ2) is 12.7. The van der Waals surface area contributed by atoms with Crippen LogP contribution in [0.15, 0.2) is 52.8 Å². The van der Waals surface area contributed by atoms with Crippen LogP contribution in [0.25, 0.3) is 0 Å². The van der Waals surface area contributed by atoms with Crippen LogP contribution >= 0.6 is 11.6 Å². The molecule has 0 spiro atoms. The van der Waals surface area contributed by atoms with E-state index in [-0.39, 0.29) is 18.2 Å². The van der Waals surface area contributed by atoms with E-state index >= 15 is 0 Å². The standard InChI is InChI=1S/C20H21F4N3O3.CH3Cl/c1-13-6-5-7-17(19(26-28-4)27(3)24)18(13)12-29-25-14(2)15-8-10-16(11-9-15)30-20(21,22)23;1-2/h5-11H,12H2,1-4H3;1H3/b25-14+,26-19+;. The first kappa shape index (κ1) is 27.0. The molecule has 2 rings (SSSR count). The molecule has 176 valence electrons. The van der Waals surface area contributed by atoms with Crippen LogP contribution in [0.3, 0.4) is 0 Å². The van der Waals surface area contributed by atoms with Gasteiger partial charge in [-0.15, -0.1) is 24.8 Å². The number of halogens is 5. The van der Waals surface area contributed by atoms with Crippen LogP contribution < -0.4 is 4.74 Å². The van der Waals surface area contributed by atoms with Crippen LogP contribution in [-0.2, 0) is 16.3 Å². The van der Waals surface area contributed by atoms with Gasteiger partial charge >= 0.3 is 6.36 Å². The van der Waals surface area contributed by atoms with Gasteiger partial charge in [0.1, 0.15) is 19.5 Å². The number of hydrogen-bond donors (Lipinski definition) is 0. The molecule has 32 heavy (non-hydrogen) atoms. The largest absolute Gasteiger partial charge is 0.573 e. The average Bonchev–Trinajstić information content (AvgIpc) is 2.74. The predicted octanol–water partition coefficient (Wildman–Crippen LogP) is 5.81. The molecule has 0 aliphatic carbocycles. The lowest BCUT2D eigenvalue weighted by Crippen LogP contribution is -2.21. The normalized spacial score (nSPS) is 11.9. The van der Waals surface area contributed by atoms with Gasteiger partial charge in [-0.1, -0.05) is 33.0 Å². The van der Waals surface area contributed by atoms with Gasteiger partial charge in [-0.3, -0.25) is 0 Å². The molecule has 0 N–H and O–H groups in total. The molecule has 0 saturated heterocycles. The lowest BCUT2D eigenvalue weighted by Gasteiger charge is -2.16. The zero-order valence-electron chi connectivity index (χ0n) is 18.2. The van der Waals surface area contributed by atoms with Gasteiger partial charge in [0, 0.05) is 24.6 Å². The maximum absolute atomic E-state index is 13.8. The molecule has 0 aliphatic rings. The van der Waals surface area contributed by atoms with E-state index in [1.54, 1.807) is 19.1 Å². The third-order valence-corrected chi connectivity index (χ3v) is 4.04. The molecular formula is C21H24ClF4N3O3. The summed E-state index contributed by atoms with van der Waals surface area (Å²) in [7, 11) is 2.51. The number of alkyl halides is 4. The first-order chi connectivity index (χ1) is 15.1. The zero-order chi connectivity index (χ0) is 24.3. The van der Waals surface area contributed by atoms with E-state index in [0.29, 0.717) is 27.5 Å². The van der Waals surface area contributed by atoms with Crippen molar-refractivity contribution in [1.82, 2.24) is 5.12 Å². The minimum atomic E-state index is -4.75. The SMILES string of the molecule is CCl.CO/N=C(\c1cccc(C)c1CO/N=C(\C)c1ccc(OC(F)(F)F)cc1)N(C)F. The Morgan fingerprint density at radius 2 is 1.69 bits per heavy atom. The van der Waals surface area contributed by atoms with Crippen molar-refractivity contribution in [1.29, 1.82) is 0 Å². The summed E-state index contributed by atoms with van der Waals surface area (Å²) >= 11 is 4.64. The Morgan fingerprint density at radius 3 is 2.22 bits per heavy atom. The number of oxime groups is 2. The molecule has 0 aliphatic heterocycles. The lowest BCUT2D eigenvalue weighted by molar-refractivity contribution is -0.274. The summed E-state index contributed by atoms with van der Waals surface area (Å²) in [4.78, 5) is 10.1. The second-order valence-corrected chi connectivity index (χ2v) is 6.20. The van der Waals surface area contributed by atoms with Crippen LogP contribution in [0.5, 0.6) is 5.75 Å². The van der Waals surface area contributed by atoms with Gasteiger partial charge in [-0.2, -0.15) is 5.12 Å². The third-order valence-electron chi connectivity index (χ3n) is 4.04. The molecule has 0 unspecified atom stereocenters. The number of aryl methyl sites for hydroxylation is 1. The number of benzene rings is 2. The van der Waals surface area contributed by atoms with Crippen molar-refractivity contribution < 1.29 is 32.1 Å². The van der Waals surface area contributed by atoms with Gasteiger partial charge in [0.25, 0.3) is 0 Å². The third kappa shape index (κ3) is 8.26. The minimum absolute atomic E-state index is 0.0190. The van der Waals surface area contributed by atoms with Crippen molar-refractivity contribution in [3.8, 4) is 5.75 Å². The molecule has 2 aromatic rings. The van der Waals surface area contributed by atoms with Crippen molar-refractivity contribution in [2.45, 2.75) is 26.8 Å². The van der Waals surface area contributed by atoms with E-state index in [9.17, 15) is 17.7 Å². The first-order valence-corrected chi connectivity index (χ1v) is 9.88. The van der Waals surface area contributed by atoms with Crippen LogP contribution in [0, 0.1) is 6.92 Å². The summed E-state index contributed by atoms with van der Waals surface area (Å²) in [5, 5.41) is 8.04. The Kier molecular flexibility index (Phi) is 10.8. The fourth-order valence-corrected chi connectivity index (χ4v) is 2.61. The fraction of sp³-hybridized carbons (Fsp3) is 0.333. The summed E-state index contributed by atoms with van der Waals surface area (Å²) < 4.78 is 54.4. The van der Waals surface area contributed by atoms with E-state index < -0.39 is 6.36 Å². The Balaban J connectivity index is 0.00000249. The van der Waals surface area contributed by atoms with Crippen molar-refractivity contribution in [3.05, 3.63) is 64.7 Å². The van der Waals surface area contributed by atoms with Crippen molar-refractivity contribution in [3.63, 3.8) is 0 Å². The van der Waals surface area contributed by atoms with Crippen molar-refractivity contribution in [2.75, 3.05) is 20.5 Å². The summed E-state index contributed by atoms with van der Waals surface area (Å²) in [5.41, 5.74) is 2.96. The van der Waals surface area contributed by atoms with E-state index in [1.807, 2.05) is 13.0 Å². The molecule has 2 aromatic carbocycles. The highest BCUT2D eigenvalue weighted by Gasteiger charge is 2.31. The van der Waals surface area contributed by atoms with Crippen LogP contribution in [0.4, 0.5) is 17.7 Å². The summed E-state index contributed by atoms with van der Waals surface area (Å²) in [6.07, 6.45) is -3.28. The molecule has 0 atom stereocenters. The lowest BCUT2D eigenvalue weighted by atomic mass is 10.0. The number of rotatable bonds is 7. The molecular weight excluding hydrogens is 454 g/mol. The number of ether oxygens (including phenoxy) is 1. The Hall–Kier alpha value is -3.01. The van der Waals surface area contributed by atoms with E-state index in [1.165, 1.54) is 44.8 Å². The number of nitrogens with zero attached hydrogens (tertiary/aromatic N) is 3. The highest BCUT2D eigenvalue weighted by Crippen LogP contribution is 2.23. The maximum atomic E-state index is 13.8. The monoisotopic (exact) mass is 477 g/mol. The van der Waals surface area contributed by atoms with E-state index in [0.717, 1.165) is 5.56 Å². The van der Waals surface area contributed by atoms with E-state index in [4.69, 9.17) is 9.68 Å². The molecule has 0 fully saturated rings. The highest BCUT2D eigenvalue weighted by atomic mass is 35.5. The van der Waals surface area contributed by atoms with Gasteiger partial charge in [-0.05, 0) is 49.2 Å². The minimum Gasteiger partial charge on any atom is -0.406 e. The first-order valence-electron chi connectivity index (χ1n) is 9.12. The predicted molar refractivity (Wildman–Crippen MR) is 115 cm³/mol. The quantitative estimate of drug-likeness (QED) is 0.126. The smallest absolute Gasteiger partial charge is 0.406 e. The number of amidine groups is 1. The molecule has 0 radical (unpaired) electrons. The second-order valence-electron chi connectivity index (χ2n) is 6.20.